The van der Waals surface area contributed by atoms with Crippen molar-refractivity contribution in [3.63, 3.8) is 0 Å². The maximum atomic E-state index is 13.2. The zero-order valence-corrected chi connectivity index (χ0v) is 21.9. The minimum absolute atomic E-state index is 0.0181. The van der Waals surface area contributed by atoms with Gasteiger partial charge in [0.05, 0.1) is 24.1 Å². The summed E-state index contributed by atoms with van der Waals surface area (Å²) >= 11 is 0. The van der Waals surface area contributed by atoms with Crippen LogP contribution in [0.4, 0.5) is 28.9 Å². The number of amides is 1. The van der Waals surface area contributed by atoms with Crippen LogP contribution in [0, 0.1) is 5.82 Å². The molecule has 0 bridgehead atoms. The molecule has 0 aromatic heterocycles. The summed E-state index contributed by atoms with van der Waals surface area (Å²) in [4.78, 5) is 16.0. The molecule has 0 N–H and O–H groups in total. The molecule has 1 fully saturated rings. The molecule has 3 aromatic carbocycles. The zero-order valence-electron chi connectivity index (χ0n) is 21.1. The molecule has 0 saturated carbocycles. The maximum Gasteiger partial charge on any atom is 0.416 e. The van der Waals surface area contributed by atoms with Crippen molar-refractivity contribution in [2.45, 2.75) is 12.7 Å². The molecule has 7 nitrogen and oxygen atoms in total. The Kier molecular flexibility index (Phi) is 8.34. The molecule has 0 radical (unpaired) electrons. The molecule has 208 valence electrons. The van der Waals surface area contributed by atoms with E-state index in [9.17, 15) is 30.8 Å². The molecule has 1 aliphatic rings. The first kappa shape index (κ1) is 28.2. The minimum atomic E-state index is -4.42. The lowest BCUT2D eigenvalue weighted by Gasteiger charge is -2.36. The molecule has 0 aliphatic carbocycles. The second-order valence-electron chi connectivity index (χ2n) is 9.09. The molecule has 39 heavy (non-hydrogen) atoms. The first-order valence-electron chi connectivity index (χ1n) is 12.1. The number of piperazine rings is 1. The van der Waals surface area contributed by atoms with Crippen molar-refractivity contribution in [3.8, 4) is 5.75 Å². The summed E-state index contributed by atoms with van der Waals surface area (Å²) in [7, 11) is -3.64. The largest absolute Gasteiger partial charge is 0.484 e. The van der Waals surface area contributed by atoms with Crippen LogP contribution in [0.2, 0.25) is 0 Å². The van der Waals surface area contributed by atoms with Crippen LogP contribution in [0.25, 0.3) is 0 Å². The Bertz CT molecular complexity index is 1390. The number of rotatable bonds is 8. The van der Waals surface area contributed by atoms with Crippen molar-refractivity contribution in [2.24, 2.45) is 0 Å². The summed E-state index contributed by atoms with van der Waals surface area (Å²) in [5, 5.41) is 0. The van der Waals surface area contributed by atoms with E-state index in [2.05, 4.69) is 0 Å². The summed E-state index contributed by atoms with van der Waals surface area (Å²) in [5.74, 6) is -0.319. The van der Waals surface area contributed by atoms with Gasteiger partial charge in [0.1, 0.15) is 11.6 Å². The summed E-state index contributed by atoms with van der Waals surface area (Å²) in [6.45, 7) is 1.22. The molecule has 1 aliphatic heterocycles. The van der Waals surface area contributed by atoms with Crippen molar-refractivity contribution < 1.29 is 35.5 Å². The minimum Gasteiger partial charge on any atom is -0.484 e. The number of benzene rings is 3. The van der Waals surface area contributed by atoms with Gasteiger partial charge in [-0.25, -0.2) is 12.8 Å². The molecule has 1 amide bonds. The Morgan fingerprint density at radius 3 is 2.18 bits per heavy atom. The molecule has 1 heterocycles. The van der Waals surface area contributed by atoms with Gasteiger partial charge in [0.2, 0.25) is 10.0 Å². The third-order valence-electron chi connectivity index (χ3n) is 6.30. The topological polar surface area (TPSA) is 70.2 Å². The van der Waals surface area contributed by atoms with Gasteiger partial charge in [0.25, 0.3) is 5.91 Å². The number of nitrogens with zero attached hydrogens (tertiary/aromatic N) is 3. The second-order valence-corrected chi connectivity index (χ2v) is 11.0. The molecule has 0 atom stereocenters. The average molecular weight is 566 g/mol. The first-order chi connectivity index (χ1) is 18.4. The van der Waals surface area contributed by atoms with Crippen LogP contribution in [0.1, 0.15) is 11.1 Å². The lowest BCUT2D eigenvalue weighted by Crippen LogP contribution is -2.50. The van der Waals surface area contributed by atoms with Crippen LogP contribution in [0.3, 0.4) is 0 Å². The normalized spacial score (nSPS) is 14.3. The molecule has 0 spiro atoms. The van der Waals surface area contributed by atoms with E-state index in [-0.39, 0.29) is 19.1 Å². The van der Waals surface area contributed by atoms with E-state index in [1.165, 1.54) is 34.6 Å². The quantitative estimate of drug-likeness (QED) is 0.376. The second kappa shape index (κ2) is 11.5. The first-order valence-corrected chi connectivity index (χ1v) is 13.9. The van der Waals surface area contributed by atoms with E-state index < -0.39 is 27.6 Å². The van der Waals surface area contributed by atoms with Gasteiger partial charge in [-0.3, -0.25) is 9.10 Å². The number of hydrogen-bond donors (Lipinski definition) is 0. The number of carbonyl (C=O) groups excluding carboxylic acids is 1. The number of alkyl halides is 3. The van der Waals surface area contributed by atoms with Crippen molar-refractivity contribution >= 4 is 27.3 Å². The highest BCUT2D eigenvalue weighted by molar-refractivity contribution is 7.92. The van der Waals surface area contributed by atoms with Crippen LogP contribution in [-0.2, 0) is 27.5 Å². The Morgan fingerprint density at radius 1 is 0.949 bits per heavy atom. The third kappa shape index (κ3) is 7.41. The van der Waals surface area contributed by atoms with Gasteiger partial charge >= 0.3 is 6.18 Å². The standard InChI is InChI=1S/C27H27F4N3O4S/c1-39(36,37)34(18-20-5-7-22(28)8-6-20)23-9-11-25(12-10-23)38-19-26(35)33-15-13-32(14-16-33)24-4-2-3-21(17-24)27(29,30)31/h2-12,17H,13-16,18-19H2,1H3. The van der Waals surface area contributed by atoms with E-state index in [0.717, 1.165) is 18.4 Å². The summed E-state index contributed by atoms with van der Waals surface area (Å²) in [5.41, 5.74) is 0.732. The lowest BCUT2D eigenvalue weighted by molar-refractivity contribution is -0.137. The maximum absolute atomic E-state index is 13.2. The molecular weight excluding hydrogens is 538 g/mol. The predicted molar refractivity (Wildman–Crippen MR) is 140 cm³/mol. The Balaban J connectivity index is 1.31. The van der Waals surface area contributed by atoms with E-state index in [4.69, 9.17) is 4.74 Å². The van der Waals surface area contributed by atoms with Crippen molar-refractivity contribution in [2.75, 3.05) is 48.2 Å². The summed E-state index contributed by atoms with van der Waals surface area (Å²) in [6.07, 6.45) is -3.35. The van der Waals surface area contributed by atoms with Crippen molar-refractivity contribution in [1.29, 1.82) is 0 Å². The van der Waals surface area contributed by atoms with Gasteiger partial charge in [0, 0.05) is 31.9 Å². The number of halogens is 4. The lowest BCUT2D eigenvalue weighted by atomic mass is 10.1. The van der Waals surface area contributed by atoms with Crippen LogP contribution >= 0.6 is 0 Å². The van der Waals surface area contributed by atoms with Gasteiger partial charge < -0.3 is 14.5 Å². The number of ether oxygens (including phenoxy) is 1. The monoisotopic (exact) mass is 565 g/mol. The average Bonchev–Trinajstić information content (AvgIpc) is 2.91. The number of anilines is 2. The molecular formula is C27H27F4N3O4S. The summed E-state index contributed by atoms with van der Waals surface area (Å²) in [6, 6.07) is 16.9. The SMILES string of the molecule is CS(=O)(=O)N(Cc1ccc(F)cc1)c1ccc(OCC(=O)N2CCN(c3cccc(C(F)(F)F)c3)CC2)cc1. The van der Waals surface area contributed by atoms with E-state index >= 15 is 0 Å². The highest BCUT2D eigenvalue weighted by atomic mass is 32.2. The zero-order chi connectivity index (χ0) is 28.2. The molecule has 12 heteroatoms. The summed E-state index contributed by atoms with van der Waals surface area (Å²) < 4.78 is 83.8. The molecule has 1 saturated heterocycles. The molecule has 3 aromatic rings. The van der Waals surface area contributed by atoms with E-state index in [0.29, 0.717) is 48.9 Å². The van der Waals surface area contributed by atoms with Crippen molar-refractivity contribution in [3.05, 3.63) is 89.7 Å². The highest BCUT2D eigenvalue weighted by Crippen LogP contribution is 2.32. The third-order valence-corrected chi connectivity index (χ3v) is 7.44. The van der Waals surface area contributed by atoms with E-state index in [1.54, 1.807) is 40.1 Å². The van der Waals surface area contributed by atoms with Crippen molar-refractivity contribution in [1.82, 2.24) is 4.90 Å². The number of sulfonamides is 1. The van der Waals surface area contributed by atoms with Gasteiger partial charge in [-0.15, -0.1) is 0 Å². The fraction of sp³-hybridized carbons (Fsp3) is 0.296. The number of hydrogen-bond acceptors (Lipinski definition) is 5. The smallest absolute Gasteiger partial charge is 0.416 e. The Morgan fingerprint density at radius 2 is 1.59 bits per heavy atom. The van der Waals surface area contributed by atoms with Crippen LogP contribution in [0.15, 0.2) is 72.8 Å². The van der Waals surface area contributed by atoms with Crippen LogP contribution in [0.5, 0.6) is 5.75 Å². The number of carbonyl (C=O) groups is 1. The Hall–Kier alpha value is -3.80. The van der Waals surface area contributed by atoms with E-state index in [1.807, 2.05) is 0 Å². The Labute approximate surface area is 224 Å². The molecule has 0 unspecified atom stereocenters. The van der Waals surface area contributed by atoms with Gasteiger partial charge in [0.15, 0.2) is 6.61 Å². The van der Waals surface area contributed by atoms with Gasteiger partial charge in [-0.2, -0.15) is 13.2 Å². The van der Waals surface area contributed by atoms with Crippen LogP contribution < -0.4 is 13.9 Å². The van der Waals surface area contributed by atoms with Gasteiger partial charge in [-0.1, -0.05) is 18.2 Å². The predicted octanol–water partition coefficient (Wildman–Crippen LogP) is 4.54. The van der Waals surface area contributed by atoms with Gasteiger partial charge in [-0.05, 0) is 60.2 Å². The fourth-order valence-electron chi connectivity index (χ4n) is 4.19. The molecule has 4 rings (SSSR count). The highest BCUT2D eigenvalue weighted by Gasteiger charge is 2.31. The van der Waals surface area contributed by atoms with Crippen LogP contribution in [-0.4, -0.2) is 58.3 Å². The fourth-order valence-corrected chi connectivity index (χ4v) is 5.08.